The van der Waals surface area contributed by atoms with Crippen LogP contribution >= 0.6 is 0 Å². The predicted octanol–water partition coefficient (Wildman–Crippen LogP) is 1.63. The van der Waals surface area contributed by atoms with Gasteiger partial charge in [-0.15, -0.1) is 0 Å². The molecule has 0 spiro atoms. The number of nitrogens with zero attached hydrogens (tertiary/aromatic N) is 1. The average Bonchev–Trinajstić information content (AvgIpc) is 2.72. The normalized spacial score (nSPS) is 18.9. The molecule has 1 aromatic rings. The summed E-state index contributed by atoms with van der Waals surface area (Å²) in [6.07, 6.45) is 3.00. The number of para-hydroxylation sites is 2. The fraction of sp³-hybridized carbons (Fsp3) is 0.467. The Morgan fingerprint density at radius 1 is 1.24 bits per heavy atom. The summed E-state index contributed by atoms with van der Waals surface area (Å²) in [6, 6.07) is 5.57. The molecule has 1 atom stereocenters. The number of carbonyl (C=O) groups is 2. The largest absolute Gasteiger partial charge is 0.504 e. The van der Waals surface area contributed by atoms with Gasteiger partial charge in [-0.25, -0.2) is 4.79 Å². The molecule has 6 heteroatoms. The van der Waals surface area contributed by atoms with Gasteiger partial charge < -0.3 is 19.8 Å². The molecule has 1 aromatic carbocycles. The van der Waals surface area contributed by atoms with E-state index >= 15 is 0 Å². The highest BCUT2D eigenvalue weighted by atomic mass is 16.5. The van der Waals surface area contributed by atoms with Gasteiger partial charge in [0.1, 0.15) is 6.04 Å². The molecule has 21 heavy (non-hydrogen) atoms. The van der Waals surface area contributed by atoms with Gasteiger partial charge in [0.2, 0.25) is 0 Å². The number of aromatic hydroxyl groups is 1. The minimum Gasteiger partial charge on any atom is -0.504 e. The Morgan fingerprint density at radius 2 is 2.00 bits per heavy atom. The maximum absolute atomic E-state index is 12.2. The molecule has 6 nitrogen and oxygen atoms in total. The van der Waals surface area contributed by atoms with Gasteiger partial charge in [-0.3, -0.25) is 4.79 Å². The van der Waals surface area contributed by atoms with Crippen molar-refractivity contribution in [2.45, 2.75) is 31.7 Å². The number of aliphatic carboxylic acids is 1. The monoisotopic (exact) mass is 293 g/mol. The molecule has 2 N–H and O–H groups in total. The van der Waals surface area contributed by atoms with Crippen LogP contribution in [0, 0.1) is 0 Å². The van der Waals surface area contributed by atoms with Gasteiger partial charge in [-0.2, -0.15) is 0 Å². The van der Waals surface area contributed by atoms with E-state index in [1.165, 1.54) is 11.0 Å². The summed E-state index contributed by atoms with van der Waals surface area (Å²) in [4.78, 5) is 24.9. The zero-order valence-corrected chi connectivity index (χ0v) is 11.7. The molecule has 1 fully saturated rings. The molecule has 0 bridgehead atoms. The van der Waals surface area contributed by atoms with E-state index in [2.05, 4.69) is 0 Å². The Morgan fingerprint density at radius 3 is 2.71 bits per heavy atom. The lowest BCUT2D eigenvalue weighted by Crippen LogP contribution is -2.46. The second-order valence-corrected chi connectivity index (χ2v) is 5.05. The molecule has 1 saturated heterocycles. The number of carboxylic acid groups (broad SMARTS) is 1. The first kappa shape index (κ1) is 15.2. The Bertz CT molecular complexity index is 517. The van der Waals surface area contributed by atoms with E-state index in [-0.39, 0.29) is 24.0 Å². The van der Waals surface area contributed by atoms with Gasteiger partial charge in [0.05, 0.1) is 0 Å². The number of carbonyl (C=O) groups excluding carboxylic acids is 1. The summed E-state index contributed by atoms with van der Waals surface area (Å²) >= 11 is 0. The number of ether oxygens (including phenoxy) is 1. The molecule has 1 heterocycles. The Kier molecular flexibility index (Phi) is 5.03. The molecule has 0 aromatic heterocycles. The summed E-state index contributed by atoms with van der Waals surface area (Å²) in [5.74, 6) is -1.18. The molecule has 1 aliphatic heterocycles. The van der Waals surface area contributed by atoms with Gasteiger partial charge in [-0.05, 0) is 25.0 Å². The summed E-state index contributed by atoms with van der Waals surface area (Å²) in [5.41, 5.74) is 0. The first-order valence-electron chi connectivity index (χ1n) is 7.02. The van der Waals surface area contributed by atoms with Crippen LogP contribution in [0.5, 0.6) is 11.5 Å². The molecule has 1 amide bonds. The number of hydrogen-bond donors (Lipinski definition) is 2. The molecule has 0 radical (unpaired) electrons. The number of hydrogen-bond acceptors (Lipinski definition) is 4. The first-order valence-corrected chi connectivity index (χ1v) is 7.02. The lowest BCUT2D eigenvalue weighted by atomic mass is 10.1. The molecular formula is C15H19NO5. The van der Waals surface area contributed by atoms with Crippen molar-refractivity contribution in [1.29, 1.82) is 0 Å². The predicted molar refractivity (Wildman–Crippen MR) is 75.2 cm³/mol. The zero-order valence-electron chi connectivity index (χ0n) is 11.7. The zero-order chi connectivity index (χ0) is 15.2. The van der Waals surface area contributed by atoms with Crippen molar-refractivity contribution in [3.05, 3.63) is 24.3 Å². The number of amides is 1. The minimum atomic E-state index is -0.979. The van der Waals surface area contributed by atoms with E-state index in [0.717, 1.165) is 19.3 Å². The van der Waals surface area contributed by atoms with Crippen LogP contribution in [-0.4, -0.2) is 46.2 Å². The van der Waals surface area contributed by atoms with Crippen LogP contribution in [-0.2, 0) is 9.59 Å². The Balaban J connectivity index is 2.00. The smallest absolute Gasteiger partial charge is 0.326 e. The van der Waals surface area contributed by atoms with Crippen molar-refractivity contribution >= 4 is 11.9 Å². The number of phenols is 1. The van der Waals surface area contributed by atoms with Crippen LogP contribution in [0.2, 0.25) is 0 Å². The minimum absolute atomic E-state index is 0.0454. The third-order valence-corrected chi connectivity index (χ3v) is 3.57. The van der Waals surface area contributed by atoms with Crippen LogP contribution in [0.4, 0.5) is 0 Å². The first-order chi connectivity index (χ1) is 10.1. The highest BCUT2D eigenvalue weighted by Crippen LogP contribution is 2.24. The molecule has 0 saturated carbocycles. The highest BCUT2D eigenvalue weighted by Gasteiger charge is 2.30. The molecule has 1 unspecified atom stereocenters. The fourth-order valence-electron chi connectivity index (χ4n) is 2.47. The van der Waals surface area contributed by atoms with E-state index in [0.29, 0.717) is 13.0 Å². The van der Waals surface area contributed by atoms with Crippen molar-refractivity contribution in [2.75, 3.05) is 13.2 Å². The topological polar surface area (TPSA) is 87.1 Å². The highest BCUT2D eigenvalue weighted by molar-refractivity contribution is 5.84. The van der Waals surface area contributed by atoms with Gasteiger partial charge in [0.25, 0.3) is 5.91 Å². The summed E-state index contributed by atoms with van der Waals surface area (Å²) < 4.78 is 5.29. The SMILES string of the molecule is O=C(O)C1CCCCCN1C(=O)COc1ccccc1O. The van der Waals surface area contributed by atoms with Crippen molar-refractivity contribution in [3.63, 3.8) is 0 Å². The lowest BCUT2D eigenvalue weighted by molar-refractivity contribution is -0.151. The maximum Gasteiger partial charge on any atom is 0.326 e. The van der Waals surface area contributed by atoms with Crippen LogP contribution in [0.3, 0.4) is 0 Å². The maximum atomic E-state index is 12.2. The van der Waals surface area contributed by atoms with E-state index in [1.807, 2.05) is 0 Å². The molecular weight excluding hydrogens is 274 g/mol. The number of likely N-dealkylation sites (tertiary alicyclic amines) is 1. The Labute approximate surface area is 122 Å². The van der Waals surface area contributed by atoms with Crippen LogP contribution in [0.15, 0.2) is 24.3 Å². The van der Waals surface area contributed by atoms with E-state index in [4.69, 9.17) is 4.74 Å². The van der Waals surface area contributed by atoms with Crippen molar-refractivity contribution in [1.82, 2.24) is 4.90 Å². The van der Waals surface area contributed by atoms with Crippen molar-refractivity contribution in [3.8, 4) is 11.5 Å². The summed E-state index contributed by atoms with van der Waals surface area (Å²) in [7, 11) is 0. The summed E-state index contributed by atoms with van der Waals surface area (Å²) in [6.45, 7) is 0.154. The standard InChI is InChI=1S/C15H19NO5/c17-12-7-3-4-8-13(12)21-10-14(18)16-9-5-1-2-6-11(16)15(19)20/h3-4,7-8,11,17H,1-2,5-6,9-10H2,(H,19,20). The van der Waals surface area contributed by atoms with Gasteiger partial charge in [0.15, 0.2) is 18.1 Å². The van der Waals surface area contributed by atoms with Gasteiger partial charge in [-0.1, -0.05) is 25.0 Å². The van der Waals surface area contributed by atoms with Crippen LogP contribution in [0.25, 0.3) is 0 Å². The van der Waals surface area contributed by atoms with Gasteiger partial charge >= 0.3 is 5.97 Å². The van der Waals surface area contributed by atoms with Crippen LogP contribution in [0.1, 0.15) is 25.7 Å². The second kappa shape index (κ2) is 6.97. The molecule has 1 aliphatic rings. The molecule has 0 aliphatic carbocycles. The second-order valence-electron chi connectivity index (χ2n) is 5.05. The molecule has 2 rings (SSSR count). The molecule has 114 valence electrons. The van der Waals surface area contributed by atoms with Crippen molar-refractivity contribution < 1.29 is 24.5 Å². The van der Waals surface area contributed by atoms with Crippen LogP contribution < -0.4 is 4.74 Å². The third-order valence-electron chi connectivity index (χ3n) is 3.57. The quantitative estimate of drug-likeness (QED) is 0.881. The number of rotatable bonds is 4. The Hall–Kier alpha value is -2.24. The fourth-order valence-corrected chi connectivity index (χ4v) is 2.47. The van der Waals surface area contributed by atoms with E-state index < -0.39 is 12.0 Å². The average molecular weight is 293 g/mol. The lowest BCUT2D eigenvalue weighted by Gasteiger charge is -2.26. The van der Waals surface area contributed by atoms with E-state index in [1.54, 1.807) is 18.2 Å². The number of benzene rings is 1. The van der Waals surface area contributed by atoms with Gasteiger partial charge in [0, 0.05) is 6.54 Å². The van der Waals surface area contributed by atoms with Crippen molar-refractivity contribution in [2.24, 2.45) is 0 Å². The van der Waals surface area contributed by atoms with E-state index in [9.17, 15) is 19.8 Å². The number of phenolic OH excluding ortho intramolecular Hbond substituents is 1. The summed E-state index contributed by atoms with van der Waals surface area (Å²) in [5, 5.41) is 18.8. The number of carboxylic acids is 1. The third kappa shape index (κ3) is 3.87.